The van der Waals surface area contributed by atoms with E-state index in [1.165, 1.54) is 11.3 Å². The lowest BCUT2D eigenvalue weighted by molar-refractivity contribution is 0.0934. The maximum atomic E-state index is 12.7. The SMILES string of the molecule is CC(Cc1ccccn1)NC(=O)c1csc2nc(-c3ccc(Cl)cc3)cn12. The maximum Gasteiger partial charge on any atom is 0.269 e. The van der Waals surface area contributed by atoms with Crippen molar-refractivity contribution in [2.24, 2.45) is 0 Å². The van der Waals surface area contributed by atoms with Gasteiger partial charge in [-0.15, -0.1) is 11.3 Å². The van der Waals surface area contributed by atoms with E-state index in [2.05, 4.69) is 15.3 Å². The summed E-state index contributed by atoms with van der Waals surface area (Å²) in [5, 5.41) is 5.55. The van der Waals surface area contributed by atoms with Crippen LogP contribution in [0.4, 0.5) is 0 Å². The molecule has 1 amide bonds. The lowest BCUT2D eigenvalue weighted by Crippen LogP contribution is -2.34. The van der Waals surface area contributed by atoms with Crippen LogP contribution in [0, 0.1) is 0 Å². The fourth-order valence-electron chi connectivity index (χ4n) is 2.89. The van der Waals surface area contributed by atoms with Crippen molar-refractivity contribution in [2.45, 2.75) is 19.4 Å². The monoisotopic (exact) mass is 396 g/mol. The summed E-state index contributed by atoms with van der Waals surface area (Å²) in [5.74, 6) is -0.121. The molecule has 5 nitrogen and oxygen atoms in total. The van der Waals surface area contributed by atoms with Crippen molar-refractivity contribution in [2.75, 3.05) is 0 Å². The van der Waals surface area contributed by atoms with Gasteiger partial charge >= 0.3 is 0 Å². The minimum Gasteiger partial charge on any atom is -0.348 e. The molecule has 3 heterocycles. The minimum absolute atomic E-state index is 0.0263. The maximum absolute atomic E-state index is 12.7. The summed E-state index contributed by atoms with van der Waals surface area (Å²) in [5.41, 5.74) is 3.31. The van der Waals surface area contributed by atoms with Crippen LogP contribution in [0.25, 0.3) is 16.2 Å². The van der Waals surface area contributed by atoms with E-state index in [1.807, 2.05) is 65.4 Å². The second-order valence-corrected chi connectivity index (χ2v) is 7.58. The van der Waals surface area contributed by atoms with Gasteiger partial charge in [-0.25, -0.2) is 4.98 Å². The second-order valence-electron chi connectivity index (χ2n) is 6.31. The Morgan fingerprint density at radius 1 is 1.26 bits per heavy atom. The van der Waals surface area contributed by atoms with E-state index in [1.54, 1.807) is 6.20 Å². The first kappa shape index (κ1) is 17.7. The van der Waals surface area contributed by atoms with Gasteiger partial charge in [0.1, 0.15) is 5.69 Å². The van der Waals surface area contributed by atoms with Gasteiger partial charge in [-0.3, -0.25) is 14.2 Å². The smallest absolute Gasteiger partial charge is 0.269 e. The molecule has 0 spiro atoms. The van der Waals surface area contributed by atoms with Crippen LogP contribution in [0.5, 0.6) is 0 Å². The zero-order valence-corrected chi connectivity index (χ0v) is 16.2. The highest BCUT2D eigenvalue weighted by atomic mass is 35.5. The number of amides is 1. The van der Waals surface area contributed by atoms with E-state index >= 15 is 0 Å². The van der Waals surface area contributed by atoms with Crippen molar-refractivity contribution < 1.29 is 4.79 Å². The molecule has 1 N–H and O–H groups in total. The van der Waals surface area contributed by atoms with E-state index in [9.17, 15) is 4.79 Å². The van der Waals surface area contributed by atoms with Gasteiger partial charge in [0.2, 0.25) is 0 Å². The predicted molar refractivity (Wildman–Crippen MR) is 108 cm³/mol. The normalized spacial score (nSPS) is 12.2. The average Bonchev–Trinajstić information content (AvgIpc) is 3.23. The molecule has 0 saturated heterocycles. The molecule has 27 heavy (non-hydrogen) atoms. The number of carbonyl (C=O) groups is 1. The van der Waals surface area contributed by atoms with Gasteiger partial charge in [0.05, 0.1) is 5.69 Å². The quantitative estimate of drug-likeness (QED) is 0.541. The molecule has 1 atom stereocenters. The number of halogens is 1. The first-order valence-corrected chi connectivity index (χ1v) is 9.79. The molecule has 136 valence electrons. The first-order chi connectivity index (χ1) is 13.1. The largest absolute Gasteiger partial charge is 0.348 e. The summed E-state index contributed by atoms with van der Waals surface area (Å²) in [4.78, 5) is 22.4. The molecule has 1 aromatic carbocycles. The Bertz CT molecular complexity index is 1070. The Morgan fingerprint density at radius 3 is 2.81 bits per heavy atom. The number of imidazole rings is 1. The molecule has 4 aromatic rings. The molecule has 0 saturated carbocycles. The van der Waals surface area contributed by atoms with Crippen LogP contribution in [-0.2, 0) is 6.42 Å². The van der Waals surface area contributed by atoms with Crippen LogP contribution in [-0.4, -0.2) is 26.3 Å². The Morgan fingerprint density at radius 2 is 2.07 bits per heavy atom. The highest BCUT2D eigenvalue weighted by Gasteiger charge is 2.17. The molecule has 0 bridgehead atoms. The molecule has 0 aliphatic heterocycles. The topological polar surface area (TPSA) is 59.3 Å². The van der Waals surface area contributed by atoms with Crippen molar-refractivity contribution in [1.82, 2.24) is 19.7 Å². The number of thiazole rings is 1. The highest BCUT2D eigenvalue weighted by molar-refractivity contribution is 7.15. The van der Waals surface area contributed by atoms with Gasteiger partial charge in [0, 0.05) is 46.5 Å². The van der Waals surface area contributed by atoms with Crippen LogP contribution in [0.3, 0.4) is 0 Å². The van der Waals surface area contributed by atoms with Gasteiger partial charge in [0.25, 0.3) is 5.91 Å². The van der Waals surface area contributed by atoms with E-state index in [0.717, 1.165) is 21.9 Å². The molecular formula is C20H17ClN4OS. The fraction of sp³-hybridized carbons (Fsp3) is 0.150. The number of fused-ring (bicyclic) bond motifs is 1. The molecule has 0 fully saturated rings. The van der Waals surface area contributed by atoms with E-state index in [0.29, 0.717) is 17.1 Å². The second kappa shape index (κ2) is 7.50. The Balaban J connectivity index is 1.52. The highest BCUT2D eigenvalue weighted by Crippen LogP contribution is 2.25. The summed E-state index contributed by atoms with van der Waals surface area (Å²) in [6.45, 7) is 1.98. The fourth-order valence-corrected chi connectivity index (χ4v) is 3.87. The van der Waals surface area contributed by atoms with E-state index < -0.39 is 0 Å². The number of aromatic nitrogens is 3. The molecule has 3 aromatic heterocycles. The molecular weight excluding hydrogens is 380 g/mol. The molecule has 4 rings (SSSR count). The molecule has 0 aliphatic carbocycles. The van der Waals surface area contributed by atoms with Crippen LogP contribution >= 0.6 is 22.9 Å². The summed E-state index contributed by atoms with van der Waals surface area (Å²) < 4.78 is 1.83. The lowest BCUT2D eigenvalue weighted by atomic mass is 10.1. The number of hydrogen-bond donors (Lipinski definition) is 1. The summed E-state index contributed by atoms with van der Waals surface area (Å²) >= 11 is 7.39. The third kappa shape index (κ3) is 3.86. The van der Waals surface area contributed by atoms with Crippen LogP contribution < -0.4 is 5.32 Å². The van der Waals surface area contributed by atoms with Gasteiger partial charge in [-0.2, -0.15) is 0 Å². The summed E-state index contributed by atoms with van der Waals surface area (Å²) in [7, 11) is 0. The molecule has 0 radical (unpaired) electrons. The molecule has 1 unspecified atom stereocenters. The Labute approximate surface area is 165 Å². The van der Waals surface area contributed by atoms with E-state index in [4.69, 9.17) is 11.6 Å². The van der Waals surface area contributed by atoms with Crippen LogP contribution in [0.15, 0.2) is 60.2 Å². The Kier molecular flexibility index (Phi) is 4.92. The summed E-state index contributed by atoms with van der Waals surface area (Å²) in [6, 6.07) is 13.3. The predicted octanol–water partition coefficient (Wildman–Crippen LogP) is 4.47. The van der Waals surface area contributed by atoms with Crippen LogP contribution in [0.1, 0.15) is 23.1 Å². The Hall–Kier alpha value is -2.70. The standard InChI is InChI=1S/C20H17ClN4OS/c1-13(10-16-4-2-3-9-22-16)23-19(26)18-12-27-20-24-17(11-25(18)20)14-5-7-15(21)8-6-14/h2-9,11-13H,10H2,1H3,(H,23,26). The van der Waals surface area contributed by atoms with Crippen molar-refractivity contribution in [3.8, 4) is 11.3 Å². The first-order valence-electron chi connectivity index (χ1n) is 8.53. The average molecular weight is 397 g/mol. The zero-order chi connectivity index (χ0) is 18.8. The molecule has 7 heteroatoms. The van der Waals surface area contributed by atoms with Crippen molar-refractivity contribution in [3.63, 3.8) is 0 Å². The van der Waals surface area contributed by atoms with Gasteiger partial charge in [-0.1, -0.05) is 29.8 Å². The van der Waals surface area contributed by atoms with Gasteiger partial charge in [-0.05, 0) is 31.2 Å². The van der Waals surface area contributed by atoms with Crippen molar-refractivity contribution in [3.05, 3.63) is 76.6 Å². The number of hydrogen-bond acceptors (Lipinski definition) is 4. The van der Waals surface area contributed by atoms with Crippen molar-refractivity contribution >= 4 is 33.8 Å². The number of carbonyl (C=O) groups excluding carboxylic acids is 1. The third-order valence-electron chi connectivity index (χ3n) is 4.20. The summed E-state index contributed by atoms with van der Waals surface area (Å²) in [6.07, 6.45) is 4.32. The number of nitrogens with zero attached hydrogens (tertiary/aromatic N) is 3. The van der Waals surface area contributed by atoms with E-state index in [-0.39, 0.29) is 11.9 Å². The van der Waals surface area contributed by atoms with Crippen LogP contribution in [0.2, 0.25) is 5.02 Å². The minimum atomic E-state index is -0.121. The zero-order valence-electron chi connectivity index (χ0n) is 14.6. The number of rotatable bonds is 5. The lowest BCUT2D eigenvalue weighted by Gasteiger charge is -2.13. The molecule has 0 aliphatic rings. The van der Waals surface area contributed by atoms with Crippen molar-refractivity contribution in [1.29, 1.82) is 0 Å². The van der Waals surface area contributed by atoms with Gasteiger partial charge in [0.15, 0.2) is 4.96 Å². The number of nitrogens with one attached hydrogen (secondary N) is 1. The van der Waals surface area contributed by atoms with Gasteiger partial charge < -0.3 is 5.32 Å². The third-order valence-corrected chi connectivity index (χ3v) is 5.29. The number of pyridine rings is 1. The number of benzene rings is 1.